The molecule has 36 heavy (non-hydrogen) atoms. The Morgan fingerprint density at radius 3 is 2.56 bits per heavy atom. The largest absolute Gasteiger partial charge is 0.457 e. The van der Waals surface area contributed by atoms with E-state index in [9.17, 15) is 19.7 Å². The Morgan fingerprint density at radius 2 is 1.89 bits per heavy atom. The first-order chi connectivity index (χ1) is 17.4. The molecule has 10 heteroatoms. The number of fused-ring (bicyclic) bond motifs is 1. The van der Waals surface area contributed by atoms with E-state index in [0.717, 1.165) is 10.4 Å². The fourth-order valence-electron chi connectivity index (χ4n) is 3.94. The van der Waals surface area contributed by atoms with E-state index in [1.165, 1.54) is 39.4 Å². The second-order valence-corrected chi connectivity index (χ2v) is 10.00. The van der Waals surface area contributed by atoms with Crippen LogP contribution in [0.15, 0.2) is 93.2 Å². The van der Waals surface area contributed by atoms with Crippen molar-refractivity contribution in [3.63, 3.8) is 0 Å². The maximum atomic E-state index is 13.6. The van der Waals surface area contributed by atoms with E-state index in [1.807, 2.05) is 47.8 Å². The van der Waals surface area contributed by atoms with Crippen LogP contribution >= 0.6 is 22.7 Å². The predicted octanol–water partition coefficient (Wildman–Crippen LogP) is 3.95. The Bertz CT molecular complexity index is 1650. The number of nitro benzene ring substituents is 1. The number of esters is 1. The fraction of sp³-hybridized carbons (Fsp3) is 0.115. The molecular weight excluding hydrogens is 498 g/mol. The van der Waals surface area contributed by atoms with Crippen molar-refractivity contribution in [2.75, 3.05) is 0 Å². The van der Waals surface area contributed by atoms with E-state index in [1.54, 1.807) is 25.1 Å². The monoisotopic (exact) mass is 517 g/mol. The molecule has 3 heterocycles. The normalized spacial score (nSPS) is 15.4. The Labute approximate surface area is 212 Å². The molecule has 0 spiro atoms. The Morgan fingerprint density at radius 1 is 1.14 bits per heavy atom. The van der Waals surface area contributed by atoms with Gasteiger partial charge in [0, 0.05) is 17.0 Å². The van der Waals surface area contributed by atoms with E-state index >= 15 is 0 Å². The molecule has 0 aliphatic carbocycles. The average Bonchev–Trinajstić information content (AvgIpc) is 3.51. The van der Waals surface area contributed by atoms with Crippen LogP contribution in [-0.4, -0.2) is 15.5 Å². The second-order valence-electron chi connectivity index (χ2n) is 8.01. The summed E-state index contributed by atoms with van der Waals surface area (Å²) in [4.78, 5) is 43.2. The van der Waals surface area contributed by atoms with Gasteiger partial charge in [0.25, 0.3) is 11.2 Å². The highest BCUT2D eigenvalue weighted by atomic mass is 32.1. The van der Waals surface area contributed by atoms with Gasteiger partial charge in [-0.3, -0.25) is 19.5 Å². The zero-order valence-electron chi connectivity index (χ0n) is 19.0. The lowest BCUT2D eigenvalue weighted by molar-refractivity contribution is -0.384. The Kier molecular flexibility index (Phi) is 6.45. The molecule has 0 amide bonds. The first kappa shape index (κ1) is 23.6. The van der Waals surface area contributed by atoms with Crippen molar-refractivity contribution in [3.05, 3.63) is 129 Å². The molecule has 0 saturated carbocycles. The molecule has 0 bridgehead atoms. The third kappa shape index (κ3) is 4.56. The number of non-ortho nitro benzene ring substituents is 1. The van der Waals surface area contributed by atoms with Gasteiger partial charge < -0.3 is 4.74 Å². The van der Waals surface area contributed by atoms with Crippen LogP contribution in [0.2, 0.25) is 0 Å². The average molecular weight is 518 g/mol. The van der Waals surface area contributed by atoms with E-state index in [2.05, 4.69) is 4.99 Å². The lowest BCUT2D eigenvalue weighted by Crippen LogP contribution is -2.39. The summed E-state index contributed by atoms with van der Waals surface area (Å²) < 4.78 is 7.57. The maximum Gasteiger partial charge on any atom is 0.338 e. The zero-order valence-corrected chi connectivity index (χ0v) is 20.6. The van der Waals surface area contributed by atoms with E-state index in [4.69, 9.17) is 4.74 Å². The molecule has 4 aromatic rings. The number of allylic oxidation sites excluding steroid dienone is 1. The summed E-state index contributed by atoms with van der Waals surface area (Å²) in [5.74, 6) is -0.525. The van der Waals surface area contributed by atoms with Gasteiger partial charge in [-0.2, -0.15) is 0 Å². The summed E-state index contributed by atoms with van der Waals surface area (Å²) in [6.07, 6.45) is 1.67. The van der Waals surface area contributed by atoms with Crippen molar-refractivity contribution in [2.45, 2.75) is 19.6 Å². The predicted molar refractivity (Wildman–Crippen MR) is 137 cm³/mol. The van der Waals surface area contributed by atoms with Crippen LogP contribution < -0.4 is 14.9 Å². The number of nitro groups is 1. The first-order valence-electron chi connectivity index (χ1n) is 10.9. The van der Waals surface area contributed by atoms with Crippen LogP contribution in [0.3, 0.4) is 0 Å². The second kappa shape index (κ2) is 9.84. The Hall–Kier alpha value is -4.15. The van der Waals surface area contributed by atoms with Gasteiger partial charge in [-0.1, -0.05) is 47.7 Å². The molecular formula is C26H19N3O5S2. The minimum absolute atomic E-state index is 0.0272. The molecule has 2 aromatic carbocycles. The van der Waals surface area contributed by atoms with Crippen molar-refractivity contribution in [2.24, 2.45) is 4.99 Å². The van der Waals surface area contributed by atoms with Crippen molar-refractivity contribution in [1.29, 1.82) is 0 Å². The lowest BCUT2D eigenvalue weighted by atomic mass is 10.0. The number of ether oxygens (including phenoxy) is 1. The number of aromatic nitrogens is 1. The van der Waals surface area contributed by atoms with Gasteiger partial charge in [0.05, 0.1) is 20.7 Å². The summed E-state index contributed by atoms with van der Waals surface area (Å²) >= 11 is 2.65. The molecule has 0 saturated heterocycles. The number of nitrogens with zero attached hydrogens (tertiary/aromatic N) is 3. The van der Waals surface area contributed by atoms with Gasteiger partial charge in [-0.15, -0.1) is 11.3 Å². The quantitative estimate of drug-likeness (QED) is 0.219. The molecule has 1 aliphatic rings. The molecule has 2 aromatic heterocycles. The Balaban J connectivity index is 1.56. The molecule has 5 rings (SSSR count). The molecule has 1 atom stereocenters. The van der Waals surface area contributed by atoms with Crippen LogP contribution in [0, 0.1) is 10.1 Å². The molecule has 0 fully saturated rings. The number of thiazole rings is 1. The van der Waals surface area contributed by atoms with Gasteiger partial charge in [0.15, 0.2) is 4.80 Å². The minimum Gasteiger partial charge on any atom is -0.457 e. The zero-order chi connectivity index (χ0) is 25.2. The van der Waals surface area contributed by atoms with Crippen molar-refractivity contribution in [3.8, 4) is 0 Å². The standard InChI is InChI=1S/C26H19N3O5S2/c1-16-22(25(31)34-15-18-6-3-2-4-7-18)23(20-8-5-13-35-20)28-24(30)21(36-26(28)27-16)14-17-9-11-19(12-10-17)29(32)33/h2-14,23H,15H2,1H3/b21-14+/t23-/m1/s1. The first-order valence-corrected chi connectivity index (χ1v) is 12.6. The van der Waals surface area contributed by atoms with Gasteiger partial charge in [-0.25, -0.2) is 9.79 Å². The van der Waals surface area contributed by atoms with E-state index in [0.29, 0.717) is 26.2 Å². The van der Waals surface area contributed by atoms with E-state index < -0.39 is 16.9 Å². The van der Waals surface area contributed by atoms with Crippen molar-refractivity contribution >= 4 is 40.4 Å². The summed E-state index contributed by atoms with van der Waals surface area (Å²) in [7, 11) is 0. The smallest absolute Gasteiger partial charge is 0.338 e. The molecule has 0 radical (unpaired) electrons. The van der Waals surface area contributed by atoms with Crippen LogP contribution in [0.1, 0.15) is 29.0 Å². The van der Waals surface area contributed by atoms with E-state index in [-0.39, 0.29) is 17.9 Å². The lowest BCUT2D eigenvalue weighted by Gasteiger charge is -2.23. The fourth-order valence-corrected chi connectivity index (χ4v) is 5.81. The highest BCUT2D eigenvalue weighted by molar-refractivity contribution is 7.10. The van der Waals surface area contributed by atoms with Crippen LogP contribution in [-0.2, 0) is 16.1 Å². The summed E-state index contributed by atoms with van der Waals surface area (Å²) in [5, 5.41) is 12.8. The number of rotatable bonds is 6. The van der Waals surface area contributed by atoms with Crippen molar-refractivity contribution in [1.82, 2.24) is 4.57 Å². The topological polar surface area (TPSA) is 104 Å². The number of hydrogen-bond donors (Lipinski definition) is 0. The third-order valence-electron chi connectivity index (χ3n) is 5.67. The number of benzene rings is 2. The van der Waals surface area contributed by atoms with Gasteiger partial charge >= 0.3 is 5.97 Å². The number of hydrogen-bond acceptors (Lipinski definition) is 8. The molecule has 180 valence electrons. The molecule has 0 N–H and O–H groups in total. The summed E-state index contributed by atoms with van der Waals surface area (Å²) in [6, 6.07) is 18.4. The number of carbonyl (C=O) groups is 1. The van der Waals surface area contributed by atoms with Gasteiger partial charge in [-0.05, 0) is 47.7 Å². The van der Waals surface area contributed by atoms with Crippen LogP contribution in [0.5, 0.6) is 0 Å². The maximum absolute atomic E-state index is 13.6. The van der Waals surface area contributed by atoms with Crippen molar-refractivity contribution < 1.29 is 14.5 Å². The number of carbonyl (C=O) groups excluding carboxylic acids is 1. The number of thiophene rings is 1. The summed E-state index contributed by atoms with van der Waals surface area (Å²) in [6.45, 7) is 1.85. The van der Waals surface area contributed by atoms with Crippen LogP contribution in [0.25, 0.3) is 6.08 Å². The summed E-state index contributed by atoms with van der Waals surface area (Å²) in [5.41, 5.74) is 2.00. The highest BCUT2D eigenvalue weighted by Gasteiger charge is 2.34. The van der Waals surface area contributed by atoms with Crippen LogP contribution in [0.4, 0.5) is 5.69 Å². The molecule has 8 nitrogen and oxygen atoms in total. The molecule has 1 aliphatic heterocycles. The third-order valence-corrected chi connectivity index (χ3v) is 7.58. The molecule has 0 unspecified atom stereocenters. The van der Waals surface area contributed by atoms with Gasteiger partial charge in [0.1, 0.15) is 12.6 Å². The highest BCUT2D eigenvalue weighted by Crippen LogP contribution is 2.33. The van der Waals surface area contributed by atoms with Gasteiger partial charge in [0.2, 0.25) is 0 Å². The SMILES string of the molecule is CC1=C(C(=O)OCc2ccccc2)[C@@H](c2cccs2)n2c(s/c(=C/c3ccc([N+](=O)[O-])cc3)c2=O)=N1. The minimum atomic E-state index is -0.663.